The number of hydrogen-bond donors (Lipinski definition) is 2. The Hall–Kier alpha value is -0.870. The van der Waals surface area contributed by atoms with Crippen LogP contribution in [0.4, 0.5) is 0 Å². The zero-order chi connectivity index (χ0) is 10.8. The zero-order valence-corrected chi connectivity index (χ0v) is 9.54. The first-order valence-electron chi connectivity index (χ1n) is 6.27. The molecule has 2 aliphatic rings. The lowest BCUT2D eigenvalue weighted by molar-refractivity contribution is 0.0794. The first-order chi connectivity index (χ1) is 7.93. The van der Waals surface area contributed by atoms with E-state index in [4.69, 9.17) is 4.74 Å². The molecule has 2 aliphatic heterocycles. The monoisotopic (exact) mass is 221 g/mol. The molecule has 4 nitrogen and oxygen atoms in total. The largest absolute Gasteiger partial charge is 0.381 e. The molecule has 1 aromatic heterocycles. The molecule has 0 bridgehead atoms. The van der Waals surface area contributed by atoms with Gasteiger partial charge >= 0.3 is 0 Å². The summed E-state index contributed by atoms with van der Waals surface area (Å²) in [6, 6.07) is 0. The van der Waals surface area contributed by atoms with Gasteiger partial charge in [0.2, 0.25) is 0 Å². The minimum absolute atomic E-state index is 0.532. The fraction of sp³-hybridized carbons (Fsp3) is 0.750. The quantitative estimate of drug-likeness (QED) is 0.793. The van der Waals surface area contributed by atoms with Crippen LogP contribution in [0.3, 0.4) is 0 Å². The molecule has 4 heteroatoms. The fourth-order valence-corrected chi connectivity index (χ4v) is 2.64. The van der Waals surface area contributed by atoms with E-state index in [9.17, 15) is 0 Å². The van der Waals surface area contributed by atoms with Crippen LogP contribution in [0.15, 0.2) is 6.20 Å². The molecule has 2 unspecified atom stereocenters. The Balaban J connectivity index is 1.71. The van der Waals surface area contributed by atoms with Gasteiger partial charge in [-0.05, 0) is 25.8 Å². The van der Waals surface area contributed by atoms with Crippen LogP contribution >= 0.6 is 0 Å². The fourth-order valence-electron chi connectivity index (χ4n) is 2.64. The van der Waals surface area contributed by atoms with Crippen LogP contribution in [0, 0.1) is 0 Å². The Morgan fingerprint density at radius 3 is 3.06 bits per heavy atom. The van der Waals surface area contributed by atoms with Crippen molar-refractivity contribution in [1.29, 1.82) is 0 Å². The summed E-state index contributed by atoms with van der Waals surface area (Å²) in [5, 5.41) is 3.37. The Bertz CT molecular complexity index is 338. The smallest absolute Gasteiger partial charge is 0.110 e. The molecule has 1 aromatic rings. The molecule has 0 aliphatic carbocycles. The molecule has 0 aromatic carbocycles. The molecule has 0 amide bonds. The van der Waals surface area contributed by atoms with Gasteiger partial charge in [-0.25, -0.2) is 4.98 Å². The van der Waals surface area contributed by atoms with E-state index in [2.05, 4.69) is 15.3 Å². The summed E-state index contributed by atoms with van der Waals surface area (Å²) in [5.74, 6) is 2.27. The van der Waals surface area contributed by atoms with Crippen LogP contribution < -0.4 is 5.32 Å². The Morgan fingerprint density at radius 1 is 1.31 bits per heavy atom. The number of aromatic nitrogens is 2. The SMILES string of the molecule is c1nc(C2CCNC2)[nH]c1C1CCCOC1. The third kappa shape index (κ3) is 1.99. The summed E-state index contributed by atoms with van der Waals surface area (Å²) in [7, 11) is 0. The predicted octanol–water partition coefficient (Wildman–Crippen LogP) is 1.38. The van der Waals surface area contributed by atoms with Crippen LogP contribution in [0.25, 0.3) is 0 Å². The summed E-state index contributed by atoms with van der Waals surface area (Å²) in [5.41, 5.74) is 1.27. The normalized spacial score (nSPS) is 30.8. The van der Waals surface area contributed by atoms with Crippen molar-refractivity contribution in [2.45, 2.75) is 31.1 Å². The highest BCUT2D eigenvalue weighted by Crippen LogP contribution is 2.26. The molecule has 0 spiro atoms. The maximum absolute atomic E-state index is 5.51. The number of nitrogens with zero attached hydrogens (tertiary/aromatic N) is 1. The molecule has 2 fully saturated rings. The summed E-state index contributed by atoms with van der Waals surface area (Å²) in [6.07, 6.45) is 5.61. The molecule has 2 N–H and O–H groups in total. The van der Waals surface area contributed by atoms with Gasteiger partial charge in [-0.3, -0.25) is 0 Å². The number of ether oxygens (including phenoxy) is 1. The van der Waals surface area contributed by atoms with E-state index in [1.54, 1.807) is 0 Å². The molecule has 0 radical (unpaired) electrons. The molecule has 2 atom stereocenters. The highest BCUT2D eigenvalue weighted by molar-refractivity contribution is 5.12. The van der Waals surface area contributed by atoms with Gasteiger partial charge in [-0.15, -0.1) is 0 Å². The van der Waals surface area contributed by atoms with E-state index in [1.807, 2.05) is 6.20 Å². The number of aromatic amines is 1. The highest BCUT2D eigenvalue weighted by atomic mass is 16.5. The average molecular weight is 221 g/mol. The number of rotatable bonds is 2. The van der Waals surface area contributed by atoms with Crippen LogP contribution in [0.5, 0.6) is 0 Å². The average Bonchev–Trinajstić information content (AvgIpc) is 3.01. The van der Waals surface area contributed by atoms with Crippen LogP contribution in [-0.4, -0.2) is 36.3 Å². The van der Waals surface area contributed by atoms with Gasteiger partial charge in [0.05, 0.1) is 6.61 Å². The van der Waals surface area contributed by atoms with Gasteiger partial charge < -0.3 is 15.0 Å². The zero-order valence-electron chi connectivity index (χ0n) is 9.54. The molecule has 88 valence electrons. The van der Waals surface area contributed by atoms with Gasteiger partial charge in [0.1, 0.15) is 5.82 Å². The van der Waals surface area contributed by atoms with E-state index in [1.165, 1.54) is 25.0 Å². The van der Waals surface area contributed by atoms with Crippen molar-refractivity contribution in [3.63, 3.8) is 0 Å². The first-order valence-corrected chi connectivity index (χ1v) is 6.27. The molecular weight excluding hydrogens is 202 g/mol. The van der Waals surface area contributed by atoms with Crippen LogP contribution in [-0.2, 0) is 4.74 Å². The van der Waals surface area contributed by atoms with Gasteiger partial charge in [0.15, 0.2) is 0 Å². The minimum atomic E-state index is 0.532. The van der Waals surface area contributed by atoms with Gasteiger partial charge in [0.25, 0.3) is 0 Å². The van der Waals surface area contributed by atoms with E-state index in [0.717, 1.165) is 32.1 Å². The number of nitrogens with one attached hydrogen (secondary N) is 2. The standard InChI is InChI=1S/C12H19N3O/c1-2-10(8-16-5-1)11-7-14-12(15-11)9-3-4-13-6-9/h7,9-10,13H,1-6,8H2,(H,14,15). The Kier molecular flexibility index (Phi) is 2.93. The molecule has 0 saturated carbocycles. The topological polar surface area (TPSA) is 49.9 Å². The first kappa shape index (κ1) is 10.3. The van der Waals surface area contributed by atoms with E-state index in [-0.39, 0.29) is 0 Å². The van der Waals surface area contributed by atoms with Crippen LogP contribution in [0.2, 0.25) is 0 Å². The van der Waals surface area contributed by atoms with Crippen molar-refractivity contribution in [2.75, 3.05) is 26.3 Å². The van der Waals surface area contributed by atoms with Crippen molar-refractivity contribution in [3.8, 4) is 0 Å². The summed E-state index contributed by atoms with van der Waals surface area (Å²) in [4.78, 5) is 8.02. The van der Waals surface area contributed by atoms with Gasteiger partial charge in [-0.2, -0.15) is 0 Å². The van der Waals surface area contributed by atoms with Crippen molar-refractivity contribution in [2.24, 2.45) is 0 Å². The summed E-state index contributed by atoms with van der Waals surface area (Å²) in [6.45, 7) is 3.95. The summed E-state index contributed by atoms with van der Waals surface area (Å²) >= 11 is 0. The lowest BCUT2D eigenvalue weighted by atomic mass is 9.99. The van der Waals surface area contributed by atoms with Crippen molar-refractivity contribution in [3.05, 3.63) is 17.7 Å². The van der Waals surface area contributed by atoms with Crippen molar-refractivity contribution < 1.29 is 4.74 Å². The van der Waals surface area contributed by atoms with Gasteiger partial charge in [0, 0.05) is 36.9 Å². The van der Waals surface area contributed by atoms with E-state index >= 15 is 0 Å². The maximum Gasteiger partial charge on any atom is 0.110 e. The van der Waals surface area contributed by atoms with E-state index in [0.29, 0.717) is 11.8 Å². The second kappa shape index (κ2) is 4.55. The number of H-pyrrole nitrogens is 1. The minimum Gasteiger partial charge on any atom is -0.381 e. The molecular formula is C12H19N3O. The predicted molar refractivity (Wildman–Crippen MR) is 61.6 cm³/mol. The maximum atomic E-state index is 5.51. The molecule has 3 heterocycles. The van der Waals surface area contributed by atoms with Crippen molar-refractivity contribution >= 4 is 0 Å². The Morgan fingerprint density at radius 2 is 2.31 bits per heavy atom. The summed E-state index contributed by atoms with van der Waals surface area (Å²) < 4.78 is 5.51. The van der Waals surface area contributed by atoms with Crippen LogP contribution in [0.1, 0.15) is 42.6 Å². The number of imidazole rings is 1. The molecule has 3 rings (SSSR count). The second-order valence-electron chi connectivity index (χ2n) is 4.83. The van der Waals surface area contributed by atoms with E-state index < -0.39 is 0 Å². The molecule has 16 heavy (non-hydrogen) atoms. The van der Waals surface area contributed by atoms with Gasteiger partial charge in [-0.1, -0.05) is 0 Å². The highest BCUT2D eigenvalue weighted by Gasteiger charge is 2.22. The second-order valence-corrected chi connectivity index (χ2v) is 4.83. The molecule has 2 saturated heterocycles. The Labute approximate surface area is 95.8 Å². The lowest BCUT2D eigenvalue weighted by Crippen LogP contribution is -2.16. The number of hydrogen-bond acceptors (Lipinski definition) is 3. The third-order valence-electron chi connectivity index (χ3n) is 3.66. The van der Waals surface area contributed by atoms with Crippen molar-refractivity contribution in [1.82, 2.24) is 15.3 Å². The lowest BCUT2D eigenvalue weighted by Gasteiger charge is -2.20. The third-order valence-corrected chi connectivity index (χ3v) is 3.66.